The largest absolute Gasteiger partial charge is 0.458 e. The van der Waals surface area contributed by atoms with E-state index >= 15 is 0 Å². The number of thiazole rings is 1. The first-order valence-electron chi connectivity index (χ1n) is 11.2. The normalized spacial score (nSPS) is 20.0. The van der Waals surface area contributed by atoms with Gasteiger partial charge < -0.3 is 4.74 Å². The fourth-order valence-electron chi connectivity index (χ4n) is 4.49. The second-order valence-corrected chi connectivity index (χ2v) is 9.25. The van der Waals surface area contributed by atoms with E-state index in [-0.39, 0.29) is 42.7 Å². The second kappa shape index (κ2) is 9.82. The minimum Gasteiger partial charge on any atom is -0.458 e. The summed E-state index contributed by atoms with van der Waals surface area (Å²) in [5, 5.41) is 2.20. The lowest BCUT2D eigenvalue weighted by molar-refractivity contribution is -0.153. The summed E-state index contributed by atoms with van der Waals surface area (Å²) in [7, 11) is 0. The van der Waals surface area contributed by atoms with E-state index in [1.165, 1.54) is 28.7 Å². The summed E-state index contributed by atoms with van der Waals surface area (Å²) in [5.74, 6) is -1.92. The molecule has 1 aromatic heterocycles. The van der Waals surface area contributed by atoms with Gasteiger partial charge in [-0.1, -0.05) is 31.9 Å². The summed E-state index contributed by atoms with van der Waals surface area (Å²) in [4.78, 5) is 56.7. The molecule has 8 nitrogen and oxygen atoms in total. The van der Waals surface area contributed by atoms with Gasteiger partial charge in [-0.3, -0.25) is 29.0 Å². The van der Waals surface area contributed by atoms with Gasteiger partial charge in [0.25, 0.3) is 0 Å². The molecule has 2 aromatic rings. The predicted octanol–water partition coefficient (Wildman–Crippen LogP) is 3.61. The number of ether oxygens (including phenoxy) is 1. The Bertz CT molecular complexity index is 1040. The summed E-state index contributed by atoms with van der Waals surface area (Å²) in [5.41, 5.74) is 2.38. The van der Waals surface area contributed by atoms with Crippen LogP contribution >= 0.6 is 11.3 Å². The number of hydrogen-bond acceptors (Lipinski definition) is 7. The number of benzene rings is 1. The Morgan fingerprint density at radius 1 is 1.12 bits per heavy atom. The molecule has 174 valence electrons. The lowest BCUT2D eigenvalue weighted by Gasteiger charge is -2.19. The quantitative estimate of drug-likeness (QED) is 0.454. The number of hydrogen-bond donors (Lipinski definition) is 0. The van der Waals surface area contributed by atoms with Crippen molar-refractivity contribution in [3.63, 3.8) is 0 Å². The first kappa shape index (κ1) is 23.1. The van der Waals surface area contributed by atoms with Gasteiger partial charge in [0.2, 0.25) is 17.7 Å². The molecule has 2 atom stereocenters. The molecule has 2 fully saturated rings. The molecule has 9 heteroatoms. The fraction of sp³-hybridized carbons (Fsp3) is 0.458. The van der Waals surface area contributed by atoms with Crippen molar-refractivity contribution < 1.29 is 23.9 Å². The molecule has 0 spiro atoms. The molecule has 2 unspecified atom stereocenters. The van der Waals surface area contributed by atoms with Crippen LogP contribution < -0.4 is 4.90 Å². The topological polar surface area (TPSA) is 96.9 Å². The molecule has 1 saturated carbocycles. The number of likely N-dealkylation sites (tertiary alicyclic amines) is 1. The van der Waals surface area contributed by atoms with Crippen LogP contribution in [0.25, 0.3) is 0 Å². The molecule has 3 amide bonds. The van der Waals surface area contributed by atoms with E-state index in [0.29, 0.717) is 29.4 Å². The molecule has 0 bridgehead atoms. The van der Waals surface area contributed by atoms with Crippen molar-refractivity contribution in [3.8, 4) is 0 Å². The first-order valence-corrected chi connectivity index (χ1v) is 12.1. The third kappa shape index (κ3) is 4.83. The van der Waals surface area contributed by atoms with Gasteiger partial charge in [-0.25, -0.2) is 4.98 Å². The number of imide groups is 1. The van der Waals surface area contributed by atoms with Gasteiger partial charge in [0, 0.05) is 12.3 Å². The zero-order valence-corrected chi connectivity index (χ0v) is 19.6. The minimum atomic E-state index is -0.650. The van der Waals surface area contributed by atoms with Crippen molar-refractivity contribution in [2.45, 2.75) is 52.6 Å². The summed E-state index contributed by atoms with van der Waals surface area (Å²) in [6.45, 7) is 3.06. The van der Waals surface area contributed by atoms with Crippen molar-refractivity contribution in [2.24, 2.45) is 11.8 Å². The van der Waals surface area contributed by atoms with E-state index in [0.717, 1.165) is 24.2 Å². The van der Waals surface area contributed by atoms with Crippen LogP contribution in [0.15, 0.2) is 29.6 Å². The van der Waals surface area contributed by atoms with Crippen LogP contribution in [0.1, 0.15) is 50.8 Å². The van der Waals surface area contributed by atoms with E-state index in [1.807, 2.05) is 24.3 Å². The number of fused-ring (bicyclic) bond motifs is 1. The van der Waals surface area contributed by atoms with Crippen molar-refractivity contribution in [1.29, 1.82) is 0 Å². The van der Waals surface area contributed by atoms with E-state index in [1.54, 1.807) is 5.38 Å². The molecule has 1 aliphatic heterocycles. The number of amides is 3. The van der Waals surface area contributed by atoms with Crippen molar-refractivity contribution in [3.05, 3.63) is 40.9 Å². The Kier molecular flexibility index (Phi) is 6.88. The number of rotatable bonds is 7. The average molecular weight is 470 g/mol. The number of carbonyl (C=O) groups is 4. The second-order valence-electron chi connectivity index (χ2n) is 8.42. The zero-order chi connectivity index (χ0) is 23.5. The Balaban J connectivity index is 1.37. The number of nitrogens with zero attached hydrogens (tertiary/aromatic N) is 3. The maximum absolute atomic E-state index is 12.5. The summed E-state index contributed by atoms with van der Waals surface area (Å²) >= 11 is 1.27. The summed E-state index contributed by atoms with van der Waals surface area (Å²) < 4.78 is 5.29. The maximum Gasteiger partial charge on any atom is 0.326 e. The number of aryl methyl sites for hydroxylation is 1. The monoisotopic (exact) mass is 469 g/mol. The molecule has 1 aromatic carbocycles. The van der Waals surface area contributed by atoms with Crippen molar-refractivity contribution in [2.75, 3.05) is 11.4 Å². The molecule has 0 N–H and O–H groups in total. The molecule has 33 heavy (non-hydrogen) atoms. The maximum atomic E-state index is 12.5. The van der Waals surface area contributed by atoms with Gasteiger partial charge in [0.05, 0.1) is 23.2 Å². The number of aromatic nitrogens is 1. The lowest BCUT2D eigenvalue weighted by atomic mass is 9.81. The molecule has 2 heterocycles. The third-order valence-electron chi connectivity index (χ3n) is 6.25. The van der Waals surface area contributed by atoms with E-state index in [4.69, 9.17) is 4.74 Å². The fourth-order valence-corrected chi connectivity index (χ4v) is 5.36. The van der Waals surface area contributed by atoms with Gasteiger partial charge in [0.15, 0.2) is 5.13 Å². The van der Waals surface area contributed by atoms with Gasteiger partial charge >= 0.3 is 5.97 Å². The molecular formula is C24H27N3O5S. The third-order valence-corrected chi connectivity index (χ3v) is 7.12. The Hall–Kier alpha value is -3.07. The van der Waals surface area contributed by atoms with Crippen LogP contribution in [0.2, 0.25) is 0 Å². The Labute approximate surface area is 196 Å². The minimum absolute atomic E-state index is 0.0983. The highest BCUT2D eigenvalue weighted by atomic mass is 32.1. The van der Waals surface area contributed by atoms with Crippen molar-refractivity contribution >= 4 is 45.8 Å². The van der Waals surface area contributed by atoms with Crippen LogP contribution in [0, 0.1) is 11.8 Å². The average Bonchev–Trinajstić information content (AvgIpc) is 3.37. The summed E-state index contributed by atoms with van der Waals surface area (Å²) in [6, 6.07) is 7.70. The molecule has 1 saturated heterocycles. The van der Waals surface area contributed by atoms with Gasteiger partial charge in [-0.2, -0.15) is 0 Å². The summed E-state index contributed by atoms with van der Waals surface area (Å²) in [6.07, 6.45) is 4.19. The van der Waals surface area contributed by atoms with Gasteiger partial charge in [-0.15, -0.1) is 11.3 Å². The predicted molar refractivity (Wildman–Crippen MR) is 123 cm³/mol. The number of carbonyl (C=O) groups excluding carboxylic acids is 4. The standard InChI is InChI=1S/C24H27N3O5S/c1-3-16-8-10-18(11-9-16)27(15(2)28)24-25-17(14-33-24)13-32-21(29)12-26-22(30)19-6-4-5-7-20(19)23(26)31/h8-11,14,19-20H,3-7,12-13H2,1-2H3. The van der Waals surface area contributed by atoms with Crippen LogP contribution in [0.4, 0.5) is 10.8 Å². The van der Waals surface area contributed by atoms with E-state index < -0.39 is 5.97 Å². The van der Waals surface area contributed by atoms with Crippen LogP contribution in [-0.2, 0) is 36.9 Å². The number of esters is 1. The van der Waals surface area contributed by atoms with Crippen LogP contribution in [0.5, 0.6) is 0 Å². The Morgan fingerprint density at radius 2 is 1.76 bits per heavy atom. The molecule has 1 aliphatic carbocycles. The van der Waals surface area contributed by atoms with Crippen LogP contribution in [-0.4, -0.2) is 40.1 Å². The smallest absolute Gasteiger partial charge is 0.326 e. The molecular weight excluding hydrogens is 442 g/mol. The zero-order valence-electron chi connectivity index (χ0n) is 18.8. The van der Waals surface area contributed by atoms with E-state index in [2.05, 4.69) is 11.9 Å². The molecule has 2 aliphatic rings. The van der Waals surface area contributed by atoms with Gasteiger partial charge in [0.1, 0.15) is 13.2 Å². The molecule has 4 rings (SSSR count). The Morgan fingerprint density at radius 3 is 2.33 bits per heavy atom. The highest BCUT2D eigenvalue weighted by Crippen LogP contribution is 2.38. The molecule has 0 radical (unpaired) electrons. The number of anilines is 2. The van der Waals surface area contributed by atoms with Crippen molar-refractivity contribution in [1.82, 2.24) is 9.88 Å². The SMILES string of the molecule is CCc1ccc(N(C(C)=O)c2nc(COC(=O)CN3C(=O)C4CCCCC4C3=O)cs2)cc1. The highest BCUT2D eigenvalue weighted by Gasteiger charge is 2.48. The van der Waals surface area contributed by atoms with Gasteiger partial charge in [-0.05, 0) is 37.0 Å². The van der Waals surface area contributed by atoms with E-state index in [9.17, 15) is 19.2 Å². The highest BCUT2D eigenvalue weighted by molar-refractivity contribution is 7.14. The van der Waals surface area contributed by atoms with Crippen LogP contribution in [0.3, 0.4) is 0 Å². The first-order chi connectivity index (χ1) is 15.9. The lowest BCUT2D eigenvalue weighted by Crippen LogP contribution is -2.36.